The number of nitrogens with zero attached hydrogens (tertiary/aromatic N) is 2. The summed E-state index contributed by atoms with van der Waals surface area (Å²) in [6, 6.07) is 3.04. The Labute approximate surface area is 69.4 Å². The lowest BCUT2D eigenvalue weighted by Gasteiger charge is -2.11. The molecule has 4 heteroatoms. The van der Waals surface area contributed by atoms with Crippen LogP contribution in [-0.2, 0) is 5.67 Å². The molecule has 1 rings (SSSR count). The van der Waals surface area contributed by atoms with Gasteiger partial charge in [-0.25, -0.2) is 4.39 Å². The third-order valence-corrected chi connectivity index (χ3v) is 1.44. The number of alkyl halides is 1. The van der Waals surface area contributed by atoms with Crippen molar-refractivity contribution < 1.29 is 4.39 Å². The summed E-state index contributed by atoms with van der Waals surface area (Å²) >= 11 is 5.47. The topological polar surface area (TPSA) is 25.8 Å². The summed E-state index contributed by atoms with van der Waals surface area (Å²) in [6.45, 7) is 2.84. The molecule has 0 amide bonds. The second-order valence-corrected chi connectivity index (χ2v) is 3.10. The summed E-state index contributed by atoms with van der Waals surface area (Å²) in [5.41, 5.74) is -1.15. The number of hydrogen-bond donors (Lipinski definition) is 0. The van der Waals surface area contributed by atoms with Crippen LogP contribution in [0.25, 0.3) is 0 Å². The maximum Gasteiger partial charge on any atom is 0.151 e. The highest BCUT2D eigenvalue weighted by molar-refractivity contribution is 6.29. The summed E-state index contributed by atoms with van der Waals surface area (Å²) in [6.07, 6.45) is 0. The van der Waals surface area contributed by atoms with Crippen LogP contribution in [0.3, 0.4) is 0 Å². The van der Waals surface area contributed by atoms with Gasteiger partial charge in [0.2, 0.25) is 0 Å². The predicted octanol–water partition coefficient (Wildman–Crippen LogP) is 2.33. The molecular weight excluding hydrogens is 167 g/mol. The fourth-order valence-electron chi connectivity index (χ4n) is 0.633. The van der Waals surface area contributed by atoms with Crippen molar-refractivity contribution in [2.45, 2.75) is 19.5 Å². The van der Waals surface area contributed by atoms with E-state index in [2.05, 4.69) is 10.2 Å². The van der Waals surface area contributed by atoms with Crippen molar-refractivity contribution in [3.05, 3.63) is 23.0 Å². The van der Waals surface area contributed by atoms with E-state index < -0.39 is 5.67 Å². The maximum atomic E-state index is 13.1. The smallest absolute Gasteiger partial charge is 0.151 e. The lowest BCUT2D eigenvalue weighted by molar-refractivity contribution is 0.212. The highest BCUT2D eigenvalue weighted by Gasteiger charge is 2.20. The van der Waals surface area contributed by atoms with Crippen molar-refractivity contribution in [2.24, 2.45) is 0 Å². The van der Waals surface area contributed by atoms with Crippen LogP contribution in [-0.4, -0.2) is 10.2 Å². The van der Waals surface area contributed by atoms with Gasteiger partial charge in [-0.05, 0) is 26.0 Å². The Kier molecular flexibility index (Phi) is 2.09. The Balaban J connectivity index is 2.99. The van der Waals surface area contributed by atoms with Gasteiger partial charge in [0.05, 0.1) is 5.69 Å². The molecule has 0 aliphatic rings. The van der Waals surface area contributed by atoms with Gasteiger partial charge in [0, 0.05) is 0 Å². The number of halogens is 2. The molecule has 2 nitrogen and oxygen atoms in total. The molecule has 0 spiro atoms. The standard InChI is InChI=1S/C7H8ClFN2/c1-7(2,9)5-3-4-6(8)11-10-5/h3-4H,1-2H3. The number of rotatable bonds is 1. The van der Waals surface area contributed by atoms with Crippen molar-refractivity contribution in [2.75, 3.05) is 0 Å². The molecule has 1 aromatic rings. The molecule has 0 aliphatic heterocycles. The van der Waals surface area contributed by atoms with Crippen LogP contribution in [0.1, 0.15) is 19.5 Å². The molecule has 1 heterocycles. The summed E-state index contributed by atoms with van der Waals surface area (Å²) < 4.78 is 13.1. The van der Waals surface area contributed by atoms with E-state index in [1.807, 2.05) is 0 Å². The molecule has 0 fully saturated rings. The Bertz CT molecular complexity index is 240. The van der Waals surface area contributed by atoms with Crippen molar-refractivity contribution in [3.8, 4) is 0 Å². The van der Waals surface area contributed by atoms with E-state index in [0.717, 1.165) is 0 Å². The van der Waals surface area contributed by atoms with E-state index in [1.54, 1.807) is 0 Å². The largest absolute Gasteiger partial charge is 0.238 e. The summed E-state index contributed by atoms with van der Waals surface area (Å²) in [7, 11) is 0. The fraction of sp³-hybridized carbons (Fsp3) is 0.429. The molecule has 0 atom stereocenters. The average molecular weight is 175 g/mol. The number of aromatic nitrogens is 2. The van der Waals surface area contributed by atoms with Crippen LogP contribution in [0.15, 0.2) is 12.1 Å². The molecule has 11 heavy (non-hydrogen) atoms. The Morgan fingerprint density at radius 2 is 2.00 bits per heavy atom. The first-order chi connectivity index (χ1) is 5.00. The lowest BCUT2D eigenvalue weighted by atomic mass is 10.1. The van der Waals surface area contributed by atoms with Crippen molar-refractivity contribution in [1.82, 2.24) is 10.2 Å². The van der Waals surface area contributed by atoms with Crippen LogP contribution < -0.4 is 0 Å². The molecule has 0 aliphatic carbocycles. The normalized spacial score (nSPS) is 11.6. The van der Waals surface area contributed by atoms with Crippen LogP contribution in [0.4, 0.5) is 4.39 Å². The summed E-state index contributed by atoms with van der Waals surface area (Å²) in [5, 5.41) is 7.39. The highest BCUT2D eigenvalue weighted by Crippen LogP contribution is 2.21. The molecule has 1 aromatic heterocycles. The van der Waals surface area contributed by atoms with Crippen LogP contribution in [0.5, 0.6) is 0 Å². The van der Waals surface area contributed by atoms with Crippen molar-refractivity contribution in [1.29, 1.82) is 0 Å². The van der Waals surface area contributed by atoms with Crippen LogP contribution in [0.2, 0.25) is 5.15 Å². The first kappa shape index (κ1) is 8.40. The van der Waals surface area contributed by atoms with E-state index in [1.165, 1.54) is 26.0 Å². The second-order valence-electron chi connectivity index (χ2n) is 2.71. The lowest BCUT2D eigenvalue weighted by Crippen LogP contribution is -2.11. The SMILES string of the molecule is CC(C)(F)c1ccc(Cl)nn1. The minimum Gasteiger partial charge on any atom is -0.238 e. The van der Waals surface area contributed by atoms with Gasteiger partial charge in [-0.1, -0.05) is 11.6 Å². The quantitative estimate of drug-likeness (QED) is 0.653. The van der Waals surface area contributed by atoms with E-state index in [9.17, 15) is 4.39 Å². The fourth-order valence-corrected chi connectivity index (χ4v) is 0.734. The minimum atomic E-state index is -1.45. The number of hydrogen-bond acceptors (Lipinski definition) is 2. The van der Waals surface area contributed by atoms with Gasteiger partial charge in [0.15, 0.2) is 5.15 Å². The Morgan fingerprint density at radius 3 is 2.36 bits per heavy atom. The maximum absolute atomic E-state index is 13.1. The monoisotopic (exact) mass is 174 g/mol. The van der Waals surface area contributed by atoms with Gasteiger partial charge in [-0.2, -0.15) is 5.10 Å². The molecule has 0 unspecified atom stereocenters. The van der Waals surface area contributed by atoms with Crippen LogP contribution in [0, 0.1) is 0 Å². The van der Waals surface area contributed by atoms with Crippen LogP contribution >= 0.6 is 11.6 Å². The van der Waals surface area contributed by atoms with Gasteiger partial charge in [-0.15, -0.1) is 5.10 Å². The van der Waals surface area contributed by atoms with Crippen molar-refractivity contribution in [3.63, 3.8) is 0 Å². The Morgan fingerprint density at radius 1 is 1.36 bits per heavy atom. The van der Waals surface area contributed by atoms with Gasteiger partial charge in [0.25, 0.3) is 0 Å². The van der Waals surface area contributed by atoms with Crippen molar-refractivity contribution >= 4 is 11.6 Å². The molecule has 0 saturated carbocycles. The first-order valence-electron chi connectivity index (χ1n) is 3.19. The zero-order valence-corrected chi connectivity index (χ0v) is 7.06. The van der Waals surface area contributed by atoms with Gasteiger partial charge in [-0.3, -0.25) is 0 Å². The van der Waals surface area contributed by atoms with E-state index in [-0.39, 0.29) is 5.15 Å². The second kappa shape index (κ2) is 2.74. The van der Waals surface area contributed by atoms with Gasteiger partial charge >= 0.3 is 0 Å². The molecule has 0 bridgehead atoms. The summed E-state index contributed by atoms with van der Waals surface area (Å²) in [5.74, 6) is 0. The third kappa shape index (κ3) is 2.12. The zero-order valence-electron chi connectivity index (χ0n) is 6.31. The van der Waals surface area contributed by atoms with Gasteiger partial charge in [0.1, 0.15) is 5.67 Å². The molecular formula is C7H8ClFN2. The zero-order chi connectivity index (χ0) is 8.48. The van der Waals surface area contributed by atoms with E-state index in [0.29, 0.717) is 5.69 Å². The molecule has 0 saturated heterocycles. The summed E-state index contributed by atoms with van der Waals surface area (Å²) in [4.78, 5) is 0. The van der Waals surface area contributed by atoms with E-state index >= 15 is 0 Å². The van der Waals surface area contributed by atoms with E-state index in [4.69, 9.17) is 11.6 Å². The molecule has 0 radical (unpaired) electrons. The predicted molar refractivity (Wildman–Crippen MR) is 41.2 cm³/mol. The average Bonchev–Trinajstić information content (AvgIpc) is 1.86. The third-order valence-electron chi connectivity index (χ3n) is 1.24. The highest BCUT2D eigenvalue weighted by atomic mass is 35.5. The molecule has 0 aromatic carbocycles. The Hall–Kier alpha value is -0.700. The first-order valence-corrected chi connectivity index (χ1v) is 3.56. The molecule has 60 valence electrons. The van der Waals surface area contributed by atoms with Gasteiger partial charge < -0.3 is 0 Å². The minimum absolute atomic E-state index is 0.276. The molecule has 0 N–H and O–H groups in total.